The Morgan fingerprint density at radius 2 is 1.27 bits per heavy atom. The van der Waals surface area contributed by atoms with Gasteiger partial charge < -0.3 is 14.9 Å². The van der Waals surface area contributed by atoms with Gasteiger partial charge in [0.15, 0.2) is 0 Å². The molecule has 0 bridgehead atoms. The predicted octanol–water partition coefficient (Wildman–Crippen LogP) is 7.00. The summed E-state index contributed by atoms with van der Waals surface area (Å²) in [5.41, 5.74) is 2.66. The lowest BCUT2D eigenvalue weighted by molar-refractivity contribution is 0.0533. The van der Waals surface area contributed by atoms with E-state index in [2.05, 4.69) is 32.0 Å². The van der Waals surface area contributed by atoms with Gasteiger partial charge in [-0.3, -0.25) is 0 Å². The molecule has 0 radical (unpaired) electrons. The number of aliphatic hydroxyl groups is 2. The van der Waals surface area contributed by atoms with Gasteiger partial charge in [-0.05, 0) is 42.9 Å². The van der Waals surface area contributed by atoms with Gasteiger partial charge >= 0.3 is 0 Å². The second kappa shape index (κ2) is 18.7. The standard InChI is InChI=1S/C27H48O3/c1-3-5-7-9-11-13-15-17-24-19-20-27(30-23-26(29)22-28)25(21-24)18-16-14-12-10-8-6-4-2/h19-21,26,28-29H,3-18,22-23H2,1-2H3. The zero-order chi connectivity index (χ0) is 21.9. The van der Waals surface area contributed by atoms with Crippen LogP contribution < -0.4 is 4.74 Å². The van der Waals surface area contributed by atoms with E-state index in [4.69, 9.17) is 9.84 Å². The van der Waals surface area contributed by atoms with Crippen LogP contribution in [0.4, 0.5) is 0 Å². The average molecular weight is 421 g/mol. The molecule has 1 unspecified atom stereocenters. The van der Waals surface area contributed by atoms with Gasteiger partial charge in [0.25, 0.3) is 0 Å². The summed E-state index contributed by atoms with van der Waals surface area (Å²) >= 11 is 0. The van der Waals surface area contributed by atoms with Crippen molar-refractivity contribution in [3.05, 3.63) is 29.3 Å². The third-order valence-electron chi connectivity index (χ3n) is 5.89. The Labute approximate surface area is 186 Å². The fourth-order valence-corrected chi connectivity index (χ4v) is 3.92. The Morgan fingerprint density at radius 1 is 0.733 bits per heavy atom. The summed E-state index contributed by atoms with van der Waals surface area (Å²) in [6.07, 6.45) is 19.8. The maximum atomic E-state index is 9.63. The molecule has 174 valence electrons. The normalized spacial score (nSPS) is 12.3. The van der Waals surface area contributed by atoms with Crippen molar-refractivity contribution in [1.82, 2.24) is 0 Å². The second-order valence-electron chi connectivity index (χ2n) is 8.83. The SMILES string of the molecule is CCCCCCCCCc1ccc(OCC(O)CO)c(CCCCCCCCC)c1. The number of aryl methyl sites for hydroxylation is 2. The molecule has 3 heteroatoms. The molecule has 1 rings (SSSR count). The Hall–Kier alpha value is -1.06. The second-order valence-corrected chi connectivity index (χ2v) is 8.83. The molecule has 0 saturated heterocycles. The van der Waals surface area contributed by atoms with E-state index in [1.807, 2.05) is 0 Å². The molecule has 1 aromatic carbocycles. The number of hydrogen-bond donors (Lipinski definition) is 2. The van der Waals surface area contributed by atoms with E-state index >= 15 is 0 Å². The van der Waals surface area contributed by atoms with Gasteiger partial charge in [0.1, 0.15) is 18.5 Å². The lowest BCUT2D eigenvalue weighted by Gasteiger charge is -2.15. The van der Waals surface area contributed by atoms with Gasteiger partial charge in [0.2, 0.25) is 0 Å². The minimum absolute atomic E-state index is 0.150. The van der Waals surface area contributed by atoms with Crippen LogP contribution >= 0.6 is 0 Å². The lowest BCUT2D eigenvalue weighted by atomic mass is 9.99. The number of hydrogen-bond acceptors (Lipinski definition) is 3. The van der Waals surface area contributed by atoms with Gasteiger partial charge in [0.05, 0.1) is 6.61 Å². The Balaban J connectivity index is 2.48. The first-order valence-corrected chi connectivity index (χ1v) is 12.7. The number of benzene rings is 1. The summed E-state index contributed by atoms with van der Waals surface area (Å²) in [6, 6.07) is 6.55. The molecule has 0 fully saturated rings. The minimum atomic E-state index is -0.816. The average Bonchev–Trinajstić information content (AvgIpc) is 2.76. The lowest BCUT2D eigenvalue weighted by Crippen LogP contribution is -2.21. The van der Waals surface area contributed by atoms with Crippen LogP contribution in [0.15, 0.2) is 18.2 Å². The van der Waals surface area contributed by atoms with Crippen LogP contribution in [-0.4, -0.2) is 29.5 Å². The van der Waals surface area contributed by atoms with Gasteiger partial charge in [0, 0.05) is 0 Å². The smallest absolute Gasteiger partial charge is 0.122 e. The highest BCUT2D eigenvalue weighted by atomic mass is 16.5. The van der Waals surface area contributed by atoms with E-state index in [-0.39, 0.29) is 13.2 Å². The van der Waals surface area contributed by atoms with Gasteiger partial charge in [-0.15, -0.1) is 0 Å². The fraction of sp³-hybridized carbons (Fsp3) is 0.778. The van der Waals surface area contributed by atoms with E-state index in [1.54, 1.807) is 0 Å². The van der Waals surface area contributed by atoms with Crippen LogP contribution in [0.1, 0.15) is 115 Å². The molecule has 2 N–H and O–H groups in total. The monoisotopic (exact) mass is 420 g/mol. The maximum absolute atomic E-state index is 9.63. The van der Waals surface area contributed by atoms with Crippen molar-refractivity contribution < 1.29 is 14.9 Å². The summed E-state index contributed by atoms with van der Waals surface area (Å²) in [7, 11) is 0. The number of rotatable bonds is 20. The van der Waals surface area contributed by atoms with Crippen LogP contribution in [0, 0.1) is 0 Å². The molecule has 0 saturated carbocycles. The van der Waals surface area contributed by atoms with Crippen molar-refractivity contribution in [1.29, 1.82) is 0 Å². The third-order valence-corrected chi connectivity index (χ3v) is 5.89. The van der Waals surface area contributed by atoms with Crippen molar-refractivity contribution in [3.63, 3.8) is 0 Å². The summed E-state index contributed by atoms with van der Waals surface area (Å²) < 4.78 is 5.83. The summed E-state index contributed by atoms with van der Waals surface area (Å²) in [5, 5.41) is 18.7. The molecule has 1 aromatic rings. The minimum Gasteiger partial charge on any atom is -0.491 e. The van der Waals surface area contributed by atoms with Crippen LogP contribution in [0.5, 0.6) is 5.75 Å². The fourth-order valence-electron chi connectivity index (χ4n) is 3.92. The highest BCUT2D eigenvalue weighted by Gasteiger charge is 2.09. The van der Waals surface area contributed by atoms with E-state index < -0.39 is 6.10 Å². The van der Waals surface area contributed by atoms with Crippen LogP contribution in [0.3, 0.4) is 0 Å². The maximum Gasteiger partial charge on any atom is 0.122 e. The molecule has 30 heavy (non-hydrogen) atoms. The summed E-state index contributed by atoms with van der Waals surface area (Å²) in [5.74, 6) is 0.872. The molecule has 0 heterocycles. The van der Waals surface area contributed by atoms with Crippen LogP contribution in [-0.2, 0) is 12.8 Å². The quantitative estimate of drug-likeness (QED) is 0.223. The van der Waals surface area contributed by atoms with Gasteiger partial charge in [-0.2, -0.15) is 0 Å². The van der Waals surface area contributed by atoms with Crippen molar-refractivity contribution in [2.24, 2.45) is 0 Å². The first-order chi connectivity index (χ1) is 14.7. The van der Waals surface area contributed by atoms with E-state index in [0.29, 0.717) is 0 Å². The van der Waals surface area contributed by atoms with Crippen molar-refractivity contribution in [3.8, 4) is 5.75 Å². The first kappa shape index (κ1) is 27.0. The highest BCUT2D eigenvalue weighted by molar-refractivity contribution is 5.37. The number of unbranched alkanes of at least 4 members (excludes halogenated alkanes) is 12. The van der Waals surface area contributed by atoms with Crippen LogP contribution in [0.2, 0.25) is 0 Å². The summed E-state index contributed by atoms with van der Waals surface area (Å²) in [6.45, 7) is 4.41. The molecular weight excluding hydrogens is 372 g/mol. The predicted molar refractivity (Wildman–Crippen MR) is 128 cm³/mol. The van der Waals surface area contributed by atoms with E-state index in [9.17, 15) is 5.11 Å². The number of ether oxygens (including phenoxy) is 1. The largest absolute Gasteiger partial charge is 0.491 e. The molecule has 0 aromatic heterocycles. The topological polar surface area (TPSA) is 49.7 Å². The van der Waals surface area contributed by atoms with Crippen molar-refractivity contribution in [2.75, 3.05) is 13.2 Å². The number of aliphatic hydroxyl groups excluding tert-OH is 2. The van der Waals surface area contributed by atoms with E-state index in [1.165, 1.54) is 101 Å². The first-order valence-electron chi connectivity index (χ1n) is 12.7. The van der Waals surface area contributed by atoms with E-state index in [0.717, 1.165) is 18.6 Å². The highest BCUT2D eigenvalue weighted by Crippen LogP contribution is 2.24. The van der Waals surface area contributed by atoms with Crippen molar-refractivity contribution in [2.45, 2.75) is 123 Å². The Kier molecular flexibility index (Phi) is 16.8. The molecule has 0 spiro atoms. The molecule has 0 aliphatic rings. The molecule has 0 aliphatic carbocycles. The molecule has 1 atom stereocenters. The van der Waals surface area contributed by atoms with Gasteiger partial charge in [-0.1, -0.05) is 103 Å². The Morgan fingerprint density at radius 3 is 1.83 bits per heavy atom. The zero-order valence-electron chi connectivity index (χ0n) is 19.8. The molecule has 0 amide bonds. The third kappa shape index (κ3) is 13.3. The van der Waals surface area contributed by atoms with Crippen molar-refractivity contribution >= 4 is 0 Å². The molecule has 0 aliphatic heterocycles. The molecule has 3 nitrogen and oxygen atoms in total. The molecular formula is C27H48O3. The van der Waals surface area contributed by atoms with Gasteiger partial charge in [-0.25, -0.2) is 0 Å². The summed E-state index contributed by atoms with van der Waals surface area (Å²) in [4.78, 5) is 0. The van der Waals surface area contributed by atoms with Crippen LogP contribution in [0.25, 0.3) is 0 Å². The zero-order valence-corrected chi connectivity index (χ0v) is 19.8. The Bertz CT molecular complexity index is 515.